The Bertz CT molecular complexity index is 503. The number of rotatable bonds is 4. The minimum atomic E-state index is -3.51. The van der Waals surface area contributed by atoms with Crippen molar-refractivity contribution in [2.75, 3.05) is 0 Å². The van der Waals surface area contributed by atoms with Crippen molar-refractivity contribution in [3.8, 4) is 0 Å². The van der Waals surface area contributed by atoms with Gasteiger partial charge in [0.25, 0.3) is 0 Å². The molecule has 0 saturated heterocycles. The summed E-state index contributed by atoms with van der Waals surface area (Å²) in [6, 6.07) is 0.0451. The molecule has 0 amide bonds. The van der Waals surface area contributed by atoms with E-state index in [2.05, 4.69) is 14.9 Å². The molecule has 0 radical (unpaired) electrons. The van der Waals surface area contributed by atoms with Crippen LogP contribution in [-0.4, -0.2) is 24.7 Å². The van der Waals surface area contributed by atoms with E-state index in [1.807, 2.05) is 0 Å². The number of hydrogen-bond acceptors (Lipinski definition) is 4. The van der Waals surface area contributed by atoms with E-state index >= 15 is 0 Å². The van der Waals surface area contributed by atoms with E-state index in [-0.39, 0.29) is 17.5 Å². The summed E-state index contributed by atoms with van der Waals surface area (Å²) < 4.78 is 27.4. The van der Waals surface area contributed by atoms with Gasteiger partial charge in [-0.2, -0.15) is 5.10 Å². The van der Waals surface area contributed by atoms with Crippen LogP contribution in [0.5, 0.6) is 0 Å². The fourth-order valence-electron chi connectivity index (χ4n) is 2.46. The van der Waals surface area contributed by atoms with Crippen LogP contribution in [0.15, 0.2) is 4.90 Å². The number of aryl methyl sites for hydroxylation is 1. The molecule has 18 heavy (non-hydrogen) atoms. The number of H-pyrrole nitrogens is 1. The van der Waals surface area contributed by atoms with Crippen LogP contribution in [0, 0.1) is 6.92 Å². The third-order valence-corrected chi connectivity index (χ3v) is 5.07. The average molecular weight is 272 g/mol. The standard InChI is InChI=1S/C11H20N4O2S/c1-8-11(10(7-12)14-13-8)18(16,17)15-9-5-3-2-4-6-9/h9,15H,2-7,12H2,1H3,(H,13,14). The number of hydrogen-bond donors (Lipinski definition) is 3. The van der Waals surface area contributed by atoms with E-state index in [0.29, 0.717) is 11.4 Å². The Balaban J connectivity index is 2.21. The summed E-state index contributed by atoms with van der Waals surface area (Å²) in [5, 5.41) is 6.61. The lowest BCUT2D eigenvalue weighted by Crippen LogP contribution is -2.36. The van der Waals surface area contributed by atoms with E-state index < -0.39 is 10.0 Å². The van der Waals surface area contributed by atoms with E-state index in [4.69, 9.17) is 5.73 Å². The number of nitrogens with one attached hydrogen (secondary N) is 2. The molecule has 2 rings (SSSR count). The molecule has 0 bridgehead atoms. The predicted octanol–water partition coefficient (Wildman–Crippen LogP) is 0.788. The highest BCUT2D eigenvalue weighted by Gasteiger charge is 2.27. The number of aromatic nitrogens is 2. The highest BCUT2D eigenvalue weighted by Crippen LogP contribution is 2.22. The zero-order valence-corrected chi connectivity index (χ0v) is 11.4. The van der Waals surface area contributed by atoms with E-state index in [1.165, 1.54) is 6.42 Å². The van der Waals surface area contributed by atoms with Crippen molar-refractivity contribution < 1.29 is 8.42 Å². The molecule has 1 saturated carbocycles. The predicted molar refractivity (Wildman–Crippen MR) is 68.4 cm³/mol. The molecule has 0 unspecified atom stereocenters. The van der Waals surface area contributed by atoms with Gasteiger partial charge in [0.2, 0.25) is 10.0 Å². The second-order valence-corrected chi connectivity index (χ2v) is 6.44. The number of nitrogens with zero attached hydrogens (tertiary/aromatic N) is 1. The summed E-state index contributed by atoms with van der Waals surface area (Å²) in [7, 11) is -3.51. The SMILES string of the molecule is Cc1[nH]nc(CN)c1S(=O)(=O)NC1CCCCC1. The third kappa shape index (κ3) is 2.73. The van der Waals surface area contributed by atoms with Gasteiger partial charge in [-0.25, -0.2) is 13.1 Å². The minimum absolute atomic E-state index is 0.0451. The summed E-state index contributed by atoms with van der Waals surface area (Å²) >= 11 is 0. The van der Waals surface area contributed by atoms with E-state index in [1.54, 1.807) is 6.92 Å². The monoisotopic (exact) mass is 272 g/mol. The van der Waals surface area contributed by atoms with Crippen LogP contribution in [0.25, 0.3) is 0 Å². The molecule has 102 valence electrons. The van der Waals surface area contributed by atoms with Gasteiger partial charge in [0.15, 0.2) is 0 Å². The Labute approximate surface area is 107 Å². The van der Waals surface area contributed by atoms with Gasteiger partial charge < -0.3 is 5.73 Å². The van der Waals surface area contributed by atoms with Crippen LogP contribution in [0.1, 0.15) is 43.5 Å². The Hall–Kier alpha value is -0.920. The van der Waals surface area contributed by atoms with Crippen LogP contribution in [0.4, 0.5) is 0 Å². The Morgan fingerprint density at radius 3 is 2.67 bits per heavy atom. The highest BCUT2D eigenvalue weighted by atomic mass is 32.2. The first kappa shape index (κ1) is 13.5. The van der Waals surface area contributed by atoms with Gasteiger partial charge in [-0.05, 0) is 19.8 Å². The van der Waals surface area contributed by atoms with Gasteiger partial charge in [0, 0.05) is 12.6 Å². The molecule has 0 atom stereocenters. The molecular formula is C11H20N4O2S. The summed E-state index contributed by atoms with van der Waals surface area (Å²) in [6.45, 7) is 1.81. The van der Waals surface area contributed by atoms with Crippen molar-refractivity contribution in [1.29, 1.82) is 0 Å². The van der Waals surface area contributed by atoms with Gasteiger partial charge in [-0.3, -0.25) is 5.10 Å². The minimum Gasteiger partial charge on any atom is -0.325 e. The van der Waals surface area contributed by atoms with E-state index in [0.717, 1.165) is 25.7 Å². The largest absolute Gasteiger partial charge is 0.325 e. The lowest BCUT2D eigenvalue weighted by Gasteiger charge is -2.22. The quantitative estimate of drug-likeness (QED) is 0.754. The zero-order chi connectivity index (χ0) is 13.2. The molecule has 0 aromatic carbocycles. The van der Waals surface area contributed by atoms with Crippen molar-refractivity contribution in [2.45, 2.75) is 56.5 Å². The van der Waals surface area contributed by atoms with Crippen molar-refractivity contribution >= 4 is 10.0 Å². The topological polar surface area (TPSA) is 101 Å². The lowest BCUT2D eigenvalue weighted by molar-refractivity contribution is 0.412. The van der Waals surface area contributed by atoms with Gasteiger partial charge in [-0.1, -0.05) is 19.3 Å². The van der Waals surface area contributed by atoms with Crippen molar-refractivity contribution in [2.24, 2.45) is 5.73 Å². The van der Waals surface area contributed by atoms with Crippen molar-refractivity contribution in [3.05, 3.63) is 11.4 Å². The maximum Gasteiger partial charge on any atom is 0.244 e. The molecule has 0 aliphatic heterocycles. The average Bonchev–Trinajstić information content (AvgIpc) is 2.72. The molecule has 1 aliphatic rings. The molecule has 1 heterocycles. The fraction of sp³-hybridized carbons (Fsp3) is 0.727. The summed E-state index contributed by atoms with van der Waals surface area (Å²) in [6.07, 6.45) is 5.18. The molecule has 0 spiro atoms. The smallest absolute Gasteiger partial charge is 0.244 e. The second kappa shape index (κ2) is 5.38. The molecule has 7 heteroatoms. The molecule has 1 aromatic heterocycles. The maximum absolute atomic E-state index is 12.3. The summed E-state index contributed by atoms with van der Waals surface area (Å²) in [5.74, 6) is 0. The van der Waals surface area contributed by atoms with Crippen molar-refractivity contribution in [1.82, 2.24) is 14.9 Å². The van der Waals surface area contributed by atoms with Gasteiger partial charge in [-0.15, -0.1) is 0 Å². The first-order valence-corrected chi connectivity index (χ1v) is 7.79. The molecular weight excluding hydrogens is 252 g/mol. The zero-order valence-electron chi connectivity index (χ0n) is 10.6. The lowest BCUT2D eigenvalue weighted by atomic mass is 9.96. The molecule has 6 nitrogen and oxygen atoms in total. The fourth-order valence-corrected chi connectivity index (χ4v) is 4.14. The molecule has 4 N–H and O–H groups in total. The van der Waals surface area contributed by atoms with Crippen LogP contribution in [0.2, 0.25) is 0 Å². The third-order valence-electron chi connectivity index (χ3n) is 3.35. The normalized spacial score (nSPS) is 18.1. The number of aromatic amines is 1. The van der Waals surface area contributed by atoms with Crippen LogP contribution >= 0.6 is 0 Å². The Morgan fingerprint density at radius 1 is 1.39 bits per heavy atom. The van der Waals surface area contributed by atoms with Crippen LogP contribution in [-0.2, 0) is 16.6 Å². The van der Waals surface area contributed by atoms with Crippen LogP contribution in [0.3, 0.4) is 0 Å². The number of sulfonamides is 1. The second-order valence-electron chi connectivity index (χ2n) is 4.78. The summed E-state index contributed by atoms with van der Waals surface area (Å²) in [5.41, 5.74) is 6.46. The molecule has 1 aliphatic carbocycles. The van der Waals surface area contributed by atoms with Crippen molar-refractivity contribution in [3.63, 3.8) is 0 Å². The highest BCUT2D eigenvalue weighted by molar-refractivity contribution is 7.89. The first-order chi connectivity index (χ1) is 8.54. The first-order valence-electron chi connectivity index (χ1n) is 6.31. The number of nitrogens with two attached hydrogens (primary N) is 1. The Kier molecular flexibility index (Phi) is 4.04. The van der Waals surface area contributed by atoms with Gasteiger partial charge in [0.1, 0.15) is 4.90 Å². The molecule has 1 aromatic rings. The van der Waals surface area contributed by atoms with Gasteiger partial charge in [0.05, 0.1) is 11.4 Å². The maximum atomic E-state index is 12.3. The van der Waals surface area contributed by atoms with Crippen LogP contribution < -0.4 is 10.5 Å². The molecule has 1 fully saturated rings. The Morgan fingerprint density at radius 2 is 2.06 bits per heavy atom. The van der Waals surface area contributed by atoms with E-state index in [9.17, 15) is 8.42 Å². The summed E-state index contributed by atoms with van der Waals surface area (Å²) in [4.78, 5) is 0.218. The van der Waals surface area contributed by atoms with Gasteiger partial charge >= 0.3 is 0 Å².